The largest absolute Gasteiger partial charge is 2.00 e. The van der Waals surface area contributed by atoms with E-state index in [1.54, 1.807) is 0 Å². The molecule has 1 fully saturated rings. The van der Waals surface area contributed by atoms with E-state index in [4.69, 9.17) is 0 Å². The maximum atomic E-state index is 2.36. The van der Waals surface area contributed by atoms with Crippen LogP contribution < -0.4 is 0 Å². The molecule has 1 rings (SSSR count). The number of hydrogen-bond donors (Lipinski definition) is 0. The Bertz CT molecular complexity index is 15.8. The fourth-order valence-corrected chi connectivity index (χ4v) is 0.722. The number of rotatable bonds is 0. The van der Waals surface area contributed by atoms with E-state index >= 15 is 0 Å². The molecule has 0 aromatic heterocycles. The van der Waals surface area contributed by atoms with Crippen LogP contribution in [-0.4, -0.2) is 0 Å². The maximum absolute atomic E-state index is 2.36. The summed E-state index contributed by atoms with van der Waals surface area (Å²) >= 11 is 0. The second-order valence-corrected chi connectivity index (χ2v) is 1.57. The minimum Gasteiger partial charge on any atom is -0.358 e. The summed E-state index contributed by atoms with van der Waals surface area (Å²) in [5, 5.41) is 0. The third kappa shape index (κ3) is 4.48. The fraction of sp³-hybridized carbons (Fsp3) is 0.667. The van der Waals surface area contributed by atoms with Crippen molar-refractivity contribution in [2.45, 2.75) is 25.7 Å². The van der Waals surface area contributed by atoms with Gasteiger partial charge >= 0.3 is 19.5 Å². The van der Waals surface area contributed by atoms with Gasteiger partial charge in [-0.1, -0.05) is 12.8 Å². The van der Waals surface area contributed by atoms with E-state index in [1.807, 2.05) is 0 Å². The smallest absolute Gasteiger partial charge is 0.358 e. The SMILES string of the molecule is [CH-]1CCCC1.[CH3-].[Ru+2]. The zero-order chi connectivity index (χ0) is 3.54. The topological polar surface area (TPSA) is 0 Å². The molecule has 1 saturated carbocycles. The Morgan fingerprint density at radius 3 is 1.57 bits per heavy atom. The minimum absolute atomic E-state index is 0. The van der Waals surface area contributed by atoms with E-state index < -0.39 is 0 Å². The molecule has 0 aromatic carbocycles. The van der Waals surface area contributed by atoms with E-state index in [0.717, 1.165) is 0 Å². The average Bonchev–Trinajstić information content (AvgIpc) is 1.76. The molecule has 0 bridgehead atoms. The van der Waals surface area contributed by atoms with Crippen LogP contribution in [0, 0.1) is 13.8 Å². The van der Waals surface area contributed by atoms with Crippen LogP contribution in [0.2, 0.25) is 0 Å². The summed E-state index contributed by atoms with van der Waals surface area (Å²) in [6.45, 7) is 0. The van der Waals surface area contributed by atoms with Crippen LogP contribution in [0.4, 0.5) is 0 Å². The van der Waals surface area contributed by atoms with E-state index in [1.165, 1.54) is 25.7 Å². The Morgan fingerprint density at radius 1 is 1.00 bits per heavy atom. The fourth-order valence-electron chi connectivity index (χ4n) is 0.722. The first kappa shape index (κ1) is 10.6. The van der Waals surface area contributed by atoms with Crippen molar-refractivity contribution in [1.82, 2.24) is 0 Å². The molecule has 7 heavy (non-hydrogen) atoms. The van der Waals surface area contributed by atoms with Gasteiger partial charge in [-0.3, -0.25) is 0 Å². The zero-order valence-electron chi connectivity index (χ0n) is 4.76. The third-order valence-electron chi connectivity index (χ3n) is 1.07. The molecule has 1 heteroatoms. The normalized spacial score (nSPS) is 17.1. The van der Waals surface area contributed by atoms with Crippen molar-refractivity contribution in [3.05, 3.63) is 13.8 Å². The van der Waals surface area contributed by atoms with Crippen molar-refractivity contribution < 1.29 is 19.5 Å². The molecule has 0 nitrogen and oxygen atoms in total. The molecule has 0 amide bonds. The van der Waals surface area contributed by atoms with Gasteiger partial charge in [-0.15, -0.1) is 0 Å². The Hall–Kier alpha value is 0.623. The summed E-state index contributed by atoms with van der Waals surface area (Å²) in [7, 11) is 0. The summed E-state index contributed by atoms with van der Waals surface area (Å²) < 4.78 is 0. The second kappa shape index (κ2) is 6.62. The van der Waals surface area contributed by atoms with Gasteiger partial charge in [-0.2, -0.15) is 12.8 Å². The van der Waals surface area contributed by atoms with Crippen molar-refractivity contribution in [1.29, 1.82) is 0 Å². The molecule has 0 saturated heterocycles. The summed E-state index contributed by atoms with van der Waals surface area (Å²) in [5.74, 6) is 0. The first-order valence-electron chi connectivity index (χ1n) is 2.32. The molecule has 0 aromatic rings. The van der Waals surface area contributed by atoms with Gasteiger partial charge in [0.05, 0.1) is 0 Å². The molecule has 44 valence electrons. The summed E-state index contributed by atoms with van der Waals surface area (Å²) in [6, 6.07) is 0. The van der Waals surface area contributed by atoms with Gasteiger partial charge in [0.15, 0.2) is 0 Å². The second-order valence-electron chi connectivity index (χ2n) is 1.57. The predicted molar refractivity (Wildman–Crippen MR) is 29.2 cm³/mol. The van der Waals surface area contributed by atoms with Crippen molar-refractivity contribution in [3.8, 4) is 0 Å². The van der Waals surface area contributed by atoms with E-state index in [-0.39, 0.29) is 26.9 Å². The monoisotopic (exact) mass is 186 g/mol. The first-order valence-corrected chi connectivity index (χ1v) is 2.32. The standard InChI is InChI=1S/C5H9.CH3.Ru/c1-2-4-5-3-1;;/h1H,2-5H2;1H3;/q2*-1;+2. The predicted octanol–water partition coefficient (Wildman–Crippen LogP) is 2.21. The zero-order valence-corrected chi connectivity index (χ0v) is 6.50. The molecule has 0 N–H and O–H groups in total. The molecule has 1 aliphatic rings. The molecule has 0 unspecified atom stereocenters. The van der Waals surface area contributed by atoms with Crippen LogP contribution >= 0.6 is 0 Å². The van der Waals surface area contributed by atoms with Gasteiger partial charge in [0.2, 0.25) is 0 Å². The van der Waals surface area contributed by atoms with Crippen molar-refractivity contribution in [2.75, 3.05) is 0 Å². The van der Waals surface area contributed by atoms with E-state index in [9.17, 15) is 0 Å². The third-order valence-corrected chi connectivity index (χ3v) is 1.07. The van der Waals surface area contributed by atoms with Gasteiger partial charge < -0.3 is 13.8 Å². The van der Waals surface area contributed by atoms with Gasteiger partial charge in [-0.05, 0) is 0 Å². The molecular weight excluding hydrogens is 173 g/mol. The van der Waals surface area contributed by atoms with Crippen LogP contribution in [0.25, 0.3) is 0 Å². The molecule has 0 radical (unpaired) electrons. The quantitative estimate of drug-likeness (QED) is 0.401. The first-order chi connectivity index (χ1) is 2.50. The Morgan fingerprint density at radius 2 is 1.43 bits per heavy atom. The Labute approximate surface area is 59.4 Å². The van der Waals surface area contributed by atoms with Gasteiger partial charge in [0.1, 0.15) is 0 Å². The molecular formula is C6H12Ru. The van der Waals surface area contributed by atoms with E-state index in [2.05, 4.69) is 6.42 Å². The van der Waals surface area contributed by atoms with Crippen LogP contribution in [0.1, 0.15) is 25.7 Å². The molecule has 1 aliphatic carbocycles. The Kier molecular flexibility index (Phi) is 10.0. The molecule has 0 spiro atoms. The minimum atomic E-state index is 0. The van der Waals surface area contributed by atoms with Crippen LogP contribution in [0.3, 0.4) is 0 Å². The van der Waals surface area contributed by atoms with Crippen molar-refractivity contribution in [2.24, 2.45) is 0 Å². The maximum Gasteiger partial charge on any atom is 2.00 e. The summed E-state index contributed by atoms with van der Waals surface area (Å²) in [5.41, 5.74) is 0. The summed E-state index contributed by atoms with van der Waals surface area (Å²) in [6.07, 6.45) is 8.00. The Balaban J connectivity index is 0. The van der Waals surface area contributed by atoms with Crippen molar-refractivity contribution >= 4 is 0 Å². The molecule has 0 atom stereocenters. The average molecular weight is 185 g/mol. The van der Waals surface area contributed by atoms with Crippen LogP contribution in [-0.2, 0) is 19.5 Å². The van der Waals surface area contributed by atoms with Crippen molar-refractivity contribution in [3.63, 3.8) is 0 Å². The van der Waals surface area contributed by atoms with Gasteiger partial charge in [0.25, 0.3) is 0 Å². The van der Waals surface area contributed by atoms with Crippen LogP contribution in [0.15, 0.2) is 0 Å². The van der Waals surface area contributed by atoms with E-state index in [0.29, 0.717) is 0 Å². The van der Waals surface area contributed by atoms with Crippen LogP contribution in [0.5, 0.6) is 0 Å². The summed E-state index contributed by atoms with van der Waals surface area (Å²) in [4.78, 5) is 0. The molecule has 0 aliphatic heterocycles. The molecule has 0 heterocycles. The van der Waals surface area contributed by atoms with Gasteiger partial charge in [-0.25, -0.2) is 0 Å². The van der Waals surface area contributed by atoms with Gasteiger partial charge in [0, 0.05) is 0 Å². The number of hydrogen-bond acceptors (Lipinski definition) is 0.